The van der Waals surface area contributed by atoms with Crippen LogP contribution in [0.2, 0.25) is 0 Å². The molecule has 3 nitrogen and oxygen atoms in total. The fraction of sp³-hybridized carbons (Fsp3) is 0.300. The number of halogens is 1. The fourth-order valence-electron chi connectivity index (χ4n) is 1.06. The van der Waals surface area contributed by atoms with Crippen LogP contribution in [0.5, 0.6) is 0 Å². The van der Waals surface area contributed by atoms with E-state index in [4.69, 9.17) is 5.73 Å². The maximum atomic E-state index is 13.3. The first kappa shape index (κ1) is 10.7. The lowest BCUT2D eigenvalue weighted by Gasteiger charge is -2.06. The van der Waals surface area contributed by atoms with E-state index in [0.29, 0.717) is 6.54 Å². The third-order valence-electron chi connectivity index (χ3n) is 1.92. The van der Waals surface area contributed by atoms with E-state index in [2.05, 4.69) is 4.74 Å². The molecule has 2 N–H and O–H groups in total. The highest BCUT2D eigenvalue weighted by Gasteiger charge is 2.19. The van der Waals surface area contributed by atoms with Crippen LogP contribution in [0.4, 0.5) is 4.39 Å². The van der Waals surface area contributed by atoms with Crippen LogP contribution in [0.1, 0.15) is 17.3 Å². The zero-order valence-electron chi connectivity index (χ0n) is 7.87. The standard InChI is InChI=1S/C10H12FNO2/c1-14-10(13)9(11)8-4-2-7(6-12)3-5-8/h2-5,9H,6,12H2,1H3. The van der Waals surface area contributed by atoms with Crippen LogP contribution in [0, 0.1) is 0 Å². The highest BCUT2D eigenvalue weighted by Crippen LogP contribution is 2.18. The van der Waals surface area contributed by atoms with Crippen LogP contribution in [-0.2, 0) is 16.1 Å². The molecule has 0 spiro atoms. The van der Waals surface area contributed by atoms with E-state index in [1.807, 2.05) is 0 Å². The molecule has 0 bridgehead atoms. The van der Waals surface area contributed by atoms with Gasteiger partial charge >= 0.3 is 5.97 Å². The average Bonchev–Trinajstić information content (AvgIpc) is 2.27. The Morgan fingerprint density at radius 1 is 1.50 bits per heavy atom. The number of benzene rings is 1. The first-order valence-corrected chi connectivity index (χ1v) is 4.20. The Labute approximate surface area is 81.7 Å². The molecular formula is C10H12FNO2. The Morgan fingerprint density at radius 2 is 2.07 bits per heavy atom. The number of ether oxygens (including phenoxy) is 1. The zero-order chi connectivity index (χ0) is 10.6. The van der Waals surface area contributed by atoms with Crippen LogP contribution in [0.15, 0.2) is 24.3 Å². The number of alkyl halides is 1. The Morgan fingerprint density at radius 3 is 2.50 bits per heavy atom. The van der Waals surface area contributed by atoms with Crippen molar-refractivity contribution in [3.05, 3.63) is 35.4 Å². The van der Waals surface area contributed by atoms with Crippen molar-refractivity contribution in [2.75, 3.05) is 7.11 Å². The van der Waals surface area contributed by atoms with Crippen LogP contribution in [-0.4, -0.2) is 13.1 Å². The lowest BCUT2D eigenvalue weighted by Crippen LogP contribution is -2.09. The van der Waals surface area contributed by atoms with Crippen molar-refractivity contribution in [1.82, 2.24) is 0 Å². The quantitative estimate of drug-likeness (QED) is 0.744. The van der Waals surface area contributed by atoms with Crippen LogP contribution in [0.25, 0.3) is 0 Å². The van der Waals surface area contributed by atoms with Crippen molar-refractivity contribution < 1.29 is 13.9 Å². The molecule has 0 amide bonds. The maximum absolute atomic E-state index is 13.3. The predicted molar refractivity (Wildman–Crippen MR) is 50.2 cm³/mol. The number of rotatable bonds is 3. The van der Waals surface area contributed by atoms with E-state index in [-0.39, 0.29) is 5.56 Å². The van der Waals surface area contributed by atoms with E-state index >= 15 is 0 Å². The monoisotopic (exact) mass is 197 g/mol. The number of carbonyl (C=O) groups is 1. The number of methoxy groups -OCH3 is 1. The van der Waals surface area contributed by atoms with Crippen molar-refractivity contribution in [2.24, 2.45) is 5.73 Å². The number of esters is 1. The SMILES string of the molecule is COC(=O)C(F)c1ccc(CN)cc1. The maximum Gasteiger partial charge on any atom is 0.345 e. The molecule has 1 atom stereocenters. The van der Waals surface area contributed by atoms with Crippen molar-refractivity contribution in [3.63, 3.8) is 0 Å². The summed E-state index contributed by atoms with van der Waals surface area (Å²) < 4.78 is 17.5. The second kappa shape index (κ2) is 4.72. The summed E-state index contributed by atoms with van der Waals surface area (Å²) in [5.74, 6) is -0.884. The van der Waals surface area contributed by atoms with Crippen molar-refractivity contribution in [3.8, 4) is 0 Å². The lowest BCUT2D eigenvalue weighted by atomic mass is 10.1. The van der Waals surface area contributed by atoms with Gasteiger partial charge in [-0.25, -0.2) is 9.18 Å². The van der Waals surface area contributed by atoms with Crippen LogP contribution in [0.3, 0.4) is 0 Å². The van der Waals surface area contributed by atoms with Crippen molar-refractivity contribution in [1.29, 1.82) is 0 Å². The number of carbonyl (C=O) groups excluding carboxylic acids is 1. The molecule has 1 aromatic rings. The smallest absolute Gasteiger partial charge is 0.345 e. The van der Waals surface area contributed by atoms with Gasteiger partial charge in [0.05, 0.1) is 7.11 Å². The molecule has 76 valence electrons. The lowest BCUT2D eigenvalue weighted by molar-refractivity contribution is -0.146. The molecule has 0 radical (unpaired) electrons. The molecule has 0 fully saturated rings. The molecule has 0 aliphatic rings. The summed E-state index contributed by atoms with van der Waals surface area (Å²) in [6.07, 6.45) is -1.72. The molecule has 0 aliphatic heterocycles. The van der Waals surface area contributed by atoms with Crippen LogP contribution < -0.4 is 5.73 Å². The zero-order valence-corrected chi connectivity index (χ0v) is 7.87. The number of nitrogens with two attached hydrogens (primary N) is 1. The minimum atomic E-state index is -1.72. The fourth-order valence-corrected chi connectivity index (χ4v) is 1.06. The Balaban J connectivity index is 2.81. The third-order valence-corrected chi connectivity index (χ3v) is 1.92. The van der Waals surface area contributed by atoms with Gasteiger partial charge in [-0.1, -0.05) is 24.3 Å². The van der Waals surface area contributed by atoms with Crippen LogP contribution >= 0.6 is 0 Å². The molecule has 0 saturated heterocycles. The molecule has 14 heavy (non-hydrogen) atoms. The second-order valence-electron chi connectivity index (χ2n) is 2.83. The molecule has 1 rings (SSSR count). The van der Waals surface area contributed by atoms with Gasteiger partial charge in [-0.3, -0.25) is 0 Å². The van der Waals surface area contributed by atoms with Crippen molar-refractivity contribution in [2.45, 2.75) is 12.7 Å². The first-order valence-electron chi connectivity index (χ1n) is 4.20. The third kappa shape index (κ3) is 2.29. The minimum absolute atomic E-state index is 0.286. The molecular weight excluding hydrogens is 185 g/mol. The van der Waals surface area contributed by atoms with E-state index in [1.165, 1.54) is 12.1 Å². The van der Waals surface area contributed by atoms with E-state index in [9.17, 15) is 9.18 Å². The number of hydrogen-bond donors (Lipinski definition) is 1. The normalized spacial score (nSPS) is 12.2. The summed E-state index contributed by atoms with van der Waals surface area (Å²) in [5, 5.41) is 0. The van der Waals surface area contributed by atoms with E-state index in [0.717, 1.165) is 12.7 Å². The van der Waals surface area contributed by atoms with Gasteiger partial charge in [-0.15, -0.1) is 0 Å². The van der Waals surface area contributed by atoms with E-state index < -0.39 is 12.1 Å². The highest BCUT2D eigenvalue weighted by molar-refractivity contribution is 5.76. The molecule has 0 aromatic heterocycles. The first-order chi connectivity index (χ1) is 6.69. The van der Waals surface area contributed by atoms with Gasteiger partial charge in [0, 0.05) is 6.54 Å². The van der Waals surface area contributed by atoms with Gasteiger partial charge in [0.25, 0.3) is 0 Å². The summed E-state index contributed by atoms with van der Waals surface area (Å²) in [5.41, 5.74) is 6.56. The molecule has 0 aliphatic carbocycles. The van der Waals surface area contributed by atoms with Crippen molar-refractivity contribution >= 4 is 5.97 Å². The Kier molecular flexibility index (Phi) is 3.59. The molecule has 4 heteroatoms. The summed E-state index contributed by atoms with van der Waals surface area (Å²) in [6, 6.07) is 6.43. The van der Waals surface area contributed by atoms with Gasteiger partial charge in [-0.2, -0.15) is 0 Å². The average molecular weight is 197 g/mol. The van der Waals surface area contributed by atoms with Gasteiger partial charge < -0.3 is 10.5 Å². The highest BCUT2D eigenvalue weighted by atomic mass is 19.1. The topological polar surface area (TPSA) is 52.3 Å². The Hall–Kier alpha value is -1.42. The van der Waals surface area contributed by atoms with Gasteiger partial charge in [0.2, 0.25) is 6.17 Å². The molecule has 1 unspecified atom stereocenters. The summed E-state index contributed by atoms with van der Waals surface area (Å²) in [7, 11) is 1.16. The molecule has 0 saturated carbocycles. The summed E-state index contributed by atoms with van der Waals surface area (Å²) in [4.78, 5) is 10.8. The van der Waals surface area contributed by atoms with E-state index in [1.54, 1.807) is 12.1 Å². The second-order valence-corrected chi connectivity index (χ2v) is 2.83. The molecule has 0 heterocycles. The number of hydrogen-bond acceptors (Lipinski definition) is 3. The largest absolute Gasteiger partial charge is 0.467 e. The summed E-state index contributed by atoms with van der Waals surface area (Å²) >= 11 is 0. The minimum Gasteiger partial charge on any atom is -0.467 e. The van der Waals surface area contributed by atoms with Gasteiger partial charge in [0.15, 0.2) is 0 Å². The van der Waals surface area contributed by atoms with Gasteiger partial charge in [0.1, 0.15) is 0 Å². The van der Waals surface area contributed by atoms with Gasteiger partial charge in [-0.05, 0) is 11.1 Å². The molecule has 1 aromatic carbocycles. The Bertz CT molecular complexity index is 310. The summed E-state index contributed by atoms with van der Waals surface area (Å²) in [6.45, 7) is 0.398. The predicted octanol–water partition coefficient (Wildman–Crippen LogP) is 1.33.